The first-order chi connectivity index (χ1) is 9.61. The summed E-state index contributed by atoms with van der Waals surface area (Å²) in [5.41, 5.74) is 1.40. The van der Waals surface area contributed by atoms with Gasteiger partial charge >= 0.3 is 0 Å². The molecule has 0 aliphatic rings. The van der Waals surface area contributed by atoms with E-state index in [-0.39, 0.29) is 5.91 Å². The molecule has 1 aromatic carbocycles. The van der Waals surface area contributed by atoms with Crippen LogP contribution in [0.25, 0.3) is 0 Å². The lowest BCUT2D eigenvalue weighted by Crippen LogP contribution is -2.23. The maximum absolute atomic E-state index is 12.2. The third kappa shape index (κ3) is 3.49. The minimum Gasteiger partial charge on any atom is -0.373 e. The quantitative estimate of drug-likeness (QED) is 0.884. The first-order valence-electron chi connectivity index (χ1n) is 5.96. The highest BCUT2D eigenvalue weighted by molar-refractivity contribution is 9.10. The van der Waals surface area contributed by atoms with E-state index in [1.54, 1.807) is 13.1 Å². The maximum Gasteiger partial charge on any atom is 0.253 e. The second kappa shape index (κ2) is 6.72. The molecule has 0 aliphatic carbocycles. The fourth-order valence-corrected chi connectivity index (χ4v) is 2.28. The number of halogens is 2. The Kier molecular flexibility index (Phi) is 4.98. The standard InChI is InChI=1S/C14H13BrClN3O/c1-17-13-6-10(12(16)8-18-13)14(20)19-7-9-4-2-3-5-11(9)15/h2-6,8H,7H2,1H3,(H,17,18)(H,19,20). The summed E-state index contributed by atoms with van der Waals surface area (Å²) in [6.07, 6.45) is 1.46. The molecule has 0 unspecified atom stereocenters. The van der Waals surface area contributed by atoms with E-state index in [1.165, 1.54) is 6.20 Å². The molecule has 1 amide bonds. The fourth-order valence-electron chi connectivity index (χ4n) is 1.66. The Morgan fingerprint density at radius 1 is 1.40 bits per heavy atom. The van der Waals surface area contributed by atoms with E-state index in [1.807, 2.05) is 24.3 Å². The van der Waals surface area contributed by atoms with Gasteiger partial charge in [-0.2, -0.15) is 0 Å². The molecular weight excluding hydrogens is 342 g/mol. The van der Waals surface area contributed by atoms with E-state index in [9.17, 15) is 4.79 Å². The summed E-state index contributed by atoms with van der Waals surface area (Å²) in [5, 5.41) is 6.04. The highest BCUT2D eigenvalue weighted by Crippen LogP contribution is 2.19. The predicted molar refractivity (Wildman–Crippen MR) is 84.1 cm³/mol. The molecule has 0 fully saturated rings. The van der Waals surface area contributed by atoms with Crippen molar-refractivity contribution in [3.63, 3.8) is 0 Å². The number of pyridine rings is 1. The van der Waals surface area contributed by atoms with E-state index in [0.717, 1.165) is 10.0 Å². The molecule has 2 aromatic rings. The van der Waals surface area contributed by atoms with Crippen molar-refractivity contribution in [1.29, 1.82) is 0 Å². The lowest BCUT2D eigenvalue weighted by molar-refractivity contribution is 0.0951. The Morgan fingerprint density at radius 3 is 2.85 bits per heavy atom. The summed E-state index contributed by atoms with van der Waals surface area (Å²) in [6, 6.07) is 9.34. The molecule has 0 bridgehead atoms. The van der Waals surface area contributed by atoms with Crippen LogP contribution in [-0.4, -0.2) is 17.9 Å². The molecule has 104 valence electrons. The van der Waals surface area contributed by atoms with Gasteiger partial charge in [-0.15, -0.1) is 0 Å². The summed E-state index contributed by atoms with van der Waals surface area (Å²) < 4.78 is 0.956. The van der Waals surface area contributed by atoms with Crippen LogP contribution in [-0.2, 0) is 6.54 Å². The number of carbonyl (C=O) groups excluding carboxylic acids is 1. The van der Waals surface area contributed by atoms with Crippen LogP contribution in [0.2, 0.25) is 5.02 Å². The van der Waals surface area contributed by atoms with Gasteiger partial charge in [0.1, 0.15) is 5.82 Å². The van der Waals surface area contributed by atoms with Gasteiger partial charge in [-0.1, -0.05) is 45.7 Å². The van der Waals surface area contributed by atoms with Crippen molar-refractivity contribution in [2.45, 2.75) is 6.54 Å². The first kappa shape index (κ1) is 14.8. The SMILES string of the molecule is CNc1cc(C(=O)NCc2ccccc2Br)c(Cl)cn1. The topological polar surface area (TPSA) is 54.0 Å². The smallest absolute Gasteiger partial charge is 0.253 e. The van der Waals surface area contributed by atoms with E-state index < -0.39 is 0 Å². The number of nitrogens with zero attached hydrogens (tertiary/aromatic N) is 1. The predicted octanol–water partition coefficient (Wildman–Crippen LogP) is 3.47. The number of hydrogen-bond donors (Lipinski definition) is 2. The molecule has 2 N–H and O–H groups in total. The van der Waals surface area contributed by atoms with Crippen molar-refractivity contribution in [3.05, 3.63) is 57.2 Å². The Labute approximate surface area is 130 Å². The van der Waals surface area contributed by atoms with Crippen LogP contribution < -0.4 is 10.6 Å². The summed E-state index contributed by atoms with van der Waals surface area (Å²) >= 11 is 9.44. The molecule has 1 heterocycles. The van der Waals surface area contributed by atoms with Crippen LogP contribution in [0.1, 0.15) is 15.9 Å². The second-order valence-corrected chi connectivity index (χ2v) is 5.34. The second-order valence-electron chi connectivity index (χ2n) is 4.07. The molecule has 0 aliphatic heterocycles. The van der Waals surface area contributed by atoms with E-state index in [4.69, 9.17) is 11.6 Å². The Bertz CT molecular complexity index is 634. The van der Waals surface area contributed by atoms with E-state index in [0.29, 0.717) is 22.9 Å². The average Bonchev–Trinajstić information content (AvgIpc) is 2.46. The van der Waals surface area contributed by atoms with Crippen LogP contribution in [0, 0.1) is 0 Å². The van der Waals surface area contributed by atoms with E-state index >= 15 is 0 Å². The zero-order valence-corrected chi connectivity index (χ0v) is 13.1. The Morgan fingerprint density at radius 2 is 2.15 bits per heavy atom. The van der Waals surface area contributed by atoms with Crippen molar-refractivity contribution >= 4 is 39.3 Å². The third-order valence-corrected chi connectivity index (χ3v) is 3.83. The van der Waals surface area contributed by atoms with Crippen molar-refractivity contribution in [3.8, 4) is 0 Å². The zero-order chi connectivity index (χ0) is 14.5. The molecular formula is C14H13BrClN3O. The number of aromatic nitrogens is 1. The van der Waals surface area contributed by atoms with Gasteiger partial charge in [-0.25, -0.2) is 4.98 Å². The van der Waals surface area contributed by atoms with Gasteiger partial charge in [-0.3, -0.25) is 4.79 Å². The van der Waals surface area contributed by atoms with Crippen LogP contribution in [0.15, 0.2) is 41.0 Å². The minimum atomic E-state index is -0.232. The molecule has 6 heteroatoms. The molecule has 0 spiro atoms. The number of nitrogens with one attached hydrogen (secondary N) is 2. The lowest BCUT2D eigenvalue weighted by atomic mass is 10.2. The molecule has 0 atom stereocenters. The van der Waals surface area contributed by atoms with Crippen LogP contribution in [0.4, 0.5) is 5.82 Å². The molecule has 0 saturated heterocycles. The van der Waals surface area contributed by atoms with Gasteiger partial charge in [-0.05, 0) is 17.7 Å². The van der Waals surface area contributed by atoms with Gasteiger partial charge in [0.05, 0.1) is 10.6 Å². The monoisotopic (exact) mass is 353 g/mol. The van der Waals surface area contributed by atoms with Crippen molar-refractivity contribution in [2.24, 2.45) is 0 Å². The Balaban J connectivity index is 2.11. The van der Waals surface area contributed by atoms with Gasteiger partial charge in [0.2, 0.25) is 0 Å². The average molecular weight is 355 g/mol. The molecule has 0 saturated carbocycles. The summed E-state index contributed by atoms with van der Waals surface area (Å²) in [7, 11) is 1.74. The van der Waals surface area contributed by atoms with Crippen molar-refractivity contribution in [2.75, 3.05) is 12.4 Å². The van der Waals surface area contributed by atoms with Gasteiger partial charge in [0.15, 0.2) is 0 Å². The molecule has 0 radical (unpaired) electrons. The van der Waals surface area contributed by atoms with Crippen molar-refractivity contribution in [1.82, 2.24) is 10.3 Å². The van der Waals surface area contributed by atoms with Gasteiger partial charge in [0, 0.05) is 24.3 Å². The first-order valence-corrected chi connectivity index (χ1v) is 7.14. The normalized spacial score (nSPS) is 10.2. The highest BCUT2D eigenvalue weighted by Gasteiger charge is 2.12. The lowest BCUT2D eigenvalue weighted by Gasteiger charge is -2.09. The van der Waals surface area contributed by atoms with Gasteiger partial charge < -0.3 is 10.6 Å². The molecule has 20 heavy (non-hydrogen) atoms. The van der Waals surface area contributed by atoms with Crippen LogP contribution in [0.3, 0.4) is 0 Å². The summed E-state index contributed by atoms with van der Waals surface area (Å²) in [4.78, 5) is 16.2. The number of rotatable bonds is 4. The number of hydrogen-bond acceptors (Lipinski definition) is 3. The molecule has 2 rings (SSSR count). The van der Waals surface area contributed by atoms with E-state index in [2.05, 4.69) is 31.5 Å². The number of amides is 1. The minimum absolute atomic E-state index is 0.232. The fraction of sp³-hybridized carbons (Fsp3) is 0.143. The molecule has 1 aromatic heterocycles. The summed E-state index contributed by atoms with van der Waals surface area (Å²) in [6.45, 7) is 0.424. The summed E-state index contributed by atoms with van der Waals surface area (Å²) in [5.74, 6) is 0.366. The van der Waals surface area contributed by atoms with Crippen LogP contribution >= 0.6 is 27.5 Å². The van der Waals surface area contributed by atoms with Gasteiger partial charge in [0.25, 0.3) is 5.91 Å². The molecule has 4 nitrogen and oxygen atoms in total. The maximum atomic E-state index is 12.2. The highest BCUT2D eigenvalue weighted by atomic mass is 79.9. The van der Waals surface area contributed by atoms with Crippen LogP contribution in [0.5, 0.6) is 0 Å². The third-order valence-electron chi connectivity index (χ3n) is 2.75. The zero-order valence-electron chi connectivity index (χ0n) is 10.8. The number of carbonyl (C=O) groups is 1. The van der Waals surface area contributed by atoms with Crippen molar-refractivity contribution < 1.29 is 4.79 Å². The largest absolute Gasteiger partial charge is 0.373 e. The Hall–Kier alpha value is -1.59. The number of benzene rings is 1. The number of anilines is 1.